The lowest BCUT2D eigenvalue weighted by atomic mass is 9.92. The molecule has 2 N–H and O–H groups in total. The van der Waals surface area contributed by atoms with Gasteiger partial charge in [0.25, 0.3) is 0 Å². The van der Waals surface area contributed by atoms with Crippen LogP contribution in [0, 0.1) is 6.92 Å². The Morgan fingerprint density at radius 2 is 1.70 bits per heavy atom. The molecule has 0 radical (unpaired) electrons. The van der Waals surface area contributed by atoms with Crippen molar-refractivity contribution in [1.29, 1.82) is 0 Å². The van der Waals surface area contributed by atoms with Crippen molar-refractivity contribution in [3.8, 4) is 0 Å². The Kier molecular flexibility index (Phi) is 7.44. The van der Waals surface area contributed by atoms with Crippen LogP contribution >= 0.6 is 23.2 Å². The molecular formula is C20H27Cl2N5O2S. The molecule has 1 aliphatic carbocycles. The fourth-order valence-corrected chi connectivity index (χ4v) is 5.33. The van der Waals surface area contributed by atoms with E-state index in [1.807, 2.05) is 32.0 Å². The van der Waals surface area contributed by atoms with Crippen molar-refractivity contribution in [2.75, 3.05) is 24.3 Å². The van der Waals surface area contributed by atoms with Crippen LogP contribution in [0.25, 0.3) is 0 Å². The Bertz CT molecular complexity index is 993. The van der Waals surface area contributed by atoms with E-state index in [1.54, 1.807) is 18.2 Å². The van der Waals surface area contributed by atoms with Crippen LogP contribution in [0.15, 0.2) is 24.3 Å². The summed E-state index contributed by atoms with van der Waals surface area (Å²) in [7, 11) is 0.431. The third-order valence-electron chi connectivity index (χ3n) is 5.05. The van der Waals surface area contributed by atoms with Gasteiger partial charge in [0, 0.05) is 32.2 Å². The first-order valence-electron chi connectivity index (χ1n) is 9.85. The first-order chi connectivity index (χ1) is 14.1. The van der Waals surface area contributed by atoms with Crippen molar-refractivity contribution >= 4 is 44.9 Å². The predicted molar refractivity (Wildman–Crippen MR) is 123 cm³/mol. The number of nitrogens with one attached hydrogen (secondary N) is 2. The minimum Gasteiger partial charge on any atom is -0.367 e. The second kappa shape index (κ2) is 9.68. The third kappa shape index (κ3) is 6.44. The number of rotatable bonds is 7. The largest absolute Gasteiger partial charge is 0.367 e. The maximum atomic E-state index is 12.6. The van der Waals surface area contributed by atoms with Gasteiger partial charge in [-0.1, -0.05) is 29.3 Å². The molecule has 1 aliphatic rings. The molecule has 0 unspecified atom stereocenters. The van der Waals surface area contributed by atoms with E-state index < -0.39 is 10.0 Å². The molecule has 164 valence electrons. The molecule has 7 nitrogen and oxygen atoms in total. The SMILES string of the molecule is Cc1nc(NC2CCC(NS(=O)(=O)Cc3ccc(Cl)c(Cl)c3)CC2)cc(N(C)C)n1. The summed E-state index contributed by atoms with van der Waals surface area (Å²) in [4.78, 5) is 10.8. The summed E-state index contributed by atoms with van der Waals surface area (Å²) in [5.74, 6) is 2.26. The fraction of sp³-hybridized carbons (Fsp3) is 0.500. The zero-order valence-corrected chi connectivity index (χ0v) is 19.7. The number of benzene rings is 1. The van der Waals surface area contributed by atoms with Crippen LogP contribution in [0.1, 0.15) is 37.1 Å². The molecule has 1 aromatic carbocycles. The Morgan fingerprint density at radius 1 is 1.03 bits per heavy atom. The van der Waals surface area contributed by atoms with Crippen molar-refractivity contribution in [3.05, 3.63) is 45.7 Å². The molecule has 0 bridgehead atoms. The third-order valence-corrected chi connectivity index (χ3v) is 7.19. The van der Waals surface area contributed by atoms with Crippen LogP contribution in [-0.2, 0) is 15.8 Å². The van der Waals surface area contributed by atoms with Gasteiger partial charge in [0.05, 0.1) is 15.8 Å². The second-order valence-corrected chi connectivity index (χ2v) is 10.4. The summed E-state index contributed by atoms with van der Waals surface area (Å²) >= 11 is 11.9. The number of halogens is 2. The molecule has 30 heavy (non-hydrogen) atoms. The van der Waals surface area contributed by atoms with Gasteiger partial charge in [-0.15, -0.1) is 0 Å². The standard InChI is InChI=1S/C20H27Cl2N5O2S/c1-13-23-19(11-20(24-13)27(2)3)25-15-5-7-16(8-6-15)26-30(28,29)12-14-4-9-17(21)18(22)10-14/h4,9-11,15-16,26H,5-8,12H2,1-3H3,(H,23,24,25). The average Bonchev–Trinajstić information content (AvgIpc) is 2.65. The van der Waals surface area contributed by atoms with Gasteiger partial charge in [-0.3, -0.25) is 0 Å². The molecule has 0 aliphatic heterocycles. The van der Waals surface area contributed by atoms with Gasteiger partial charge < -0.3 is 10.2 Å². The van der Waals surface area contributed by atoms with Crippen molar-refractivity contribution in [1.82, 2.24) is 14.7 Å². The number of sulfonamides is 1. The van der Waals surface area contributed by atoms with Crippen molar-refractivity contribution in [2.45, 2.75) is 50.4 Å². The molecule has 0 saturated heterocycles. The normalized spacial score (nSPS) is 19.5. The lowest BCUT2D eigenvalue weighted by Gasteiger charge is -2.30. The first-order valence-corrected chi connectivity index (χ1v) is 12.3. The molecule has 2 aromatic rings. The summed E-state index contributed by atoms with van der Waals surface area (Å²) in [6.07, 6.45) is 3.26. The molecule has 1 saturated carbocycles. The zero-order valence-electron chi connectivity index (χ0n) is 17.3. The maximum absolute atomic E-state index is 12.6. The van der Waals surface area contributed by atoms with Crippen LogP contribution in [0.4, 0.5) is 11.6 Å². The lowest BCUT2D eigenvalue weighted by molar-refractivity contribution is 0.386. The summed E-state index contributed by atoms with van der Waals surface area (Å²) in [5.41, 5.74) is 0.614. The van der Waals surface area contributed by atoms with Gasteiger partial charge in [0.15, 0.2) is 0 Å². The summed E-state index contributed by atoms with van der Waals surface area (Å²) in [5, 5.41) is 4.23. The molecule has 0 atom stereocenters. The fourth-order valence-electron chi connectivity index (χ4n) is 3.56. The van der Waals surface area contributed by atoms with Gasteiger partial charge in [0.2, 0.25) is 10.0 Å². The molecule has 3 rings (SSSR count). The zero-order chi connectivity index (χ0) is 21.9. The molecule has 10 heteroatoms. The van der Waals surface area contributed by atoms with Crippen LogP contribution in [0.5, 0.6) is 0 Å². The topological polar surface area (TPSA) is 87.2 Å². The summed E-state index contributed by atoms with van der Waals surface area (Å²) in [6, 6.07) is 7.00. The monoisotopic (exact) mass is 471 g/mol. The highest BCUT2D eigenvalue weighted by molar-refractivity contribution is 7.88. The second-order valence-electron chi connectivity index (χ2n) is 7.87. The molecule has 1 fully saturated rings. The van der Waals surface area contributed by atoms with Gasteiger partial charge in [-0.25, -0.2) is 23.1 Å². The molecule has 0 amide bonds. The van der Waals surface area contributed by atoms with E-state index in [4.69, 9.17) is 23.2 Å². The number of nitrogens with zero attached hydrogens (tertiary/aromatic N) is 3. The first kappa shape index (κ1) is 23.1. The maximum Gasteiger partial charge on any atom is 0.216 e. The van der Waals surface area contributed by atoms with Crippen LogP contribution in [-0.4, -0.2) is 44.6 Å². The molecule has 1 heterocycles. The Labute approximate surface area is 188 Å². The van der Waals surface area contributed by atoms with E-state index >= 15 is 0 Å². The highest BCUT2D eigenvalue weighted by atomic mass is 35.5. The van der Waals surface area contributed by atoms with Crippen molar-refractivity contribution < 1.29 is 8.42 Å². The minimum absolute atomic E-state index is 0.0692. The van der Waals surface area contributed by atoms with Crippen molar-refractivity contribution in [3.63, 3.8) is 0 Å². The van der Waals surface area contributed by atoms with E-state index in [0.717, 1.165) is 37.3 Å². The Hall–Kier alpha value is -1.61. The van der Waals surface area contributed by atoms with E-state index in [-0.39, 0.29) is 17.8 Å². The minimum atomic E-state index is -3.46. The number of aromatic nitrogens is 2. The number of anilines is 2. The van der Waals surface area contributed by atoms with E-state index in [1.165, 1.54) is 0 Å². The quantitative estimate of drug-likeness (QED) is 0.634. The van der Waals surface area contributed by atoms with Crippen molar-refractivity contribution in [2.24, 2.45) is 0 Å². The average molecular weight is 472 g/mol. The van der Waals surface area contributed by atoms with Crippen LogP contribution < -0.4 is 14.9 Å². The number of hydrogen-bond donors (Lipinski definition) is 2. The van der Waals surface area contributed by atoms with Gasteiger partial charge in [-0.2, -0.15) is 0 Å². The predicted octanol–water partition coefficient (Wildman–Crippen LogP) is 4.00. The summed E-state index contributed by atoms with van der Waals surface area (Å²) in [6.45, 7) is 1.87. The van der Waals surface area contributed by atoms with E-state index in [2.05, 4.69) is 20.0 Å². The number of aryl methyl sites for hydroxylation is 1. The van der Waals surface area contributed by atoms with E-state index in [0.29, 0.717) is 21.4 Å². The van der Waals surface area contributed by atoms with Gasteiger partial charge in [-0.05, 0) is 50.3 Å². The number of hydrogen-bond acceptors (Lipinski definition) is 6. The van der Waals surface area contributed by atoms with E-state index in [9.17, 15) is 8.42 Å². The Balaban J connectivity index is 1.53. The van der Waals surface area contributed by atoms with Gasteiger partial charge in [0.1, 0.15) is 17.5 Å². The Morgan fingerprint density at radius 3 is 2.33 bits per heavy atom. The highest BCUT2D eigenvalue weighted by Gasteiger charge is 2.25. The molecule has 0 spiro atoms. The van der Waals surface area contributed by atoms with Gasteiger partial charge >= 0.3 is 0 Å². The molecule has 1 aromatic heterocycles. The lowest BCUT2D eigenvalue weighted by Crippen LogP contribution is -2.40. The highest BCUT2D eigenvalue weighted by Crippen LogP contribution is 2.25. The molecular weight excluding hydrogens is 445 g/mol. The van der Waals surface area contributed by atoms with Crippen LogP contribution in [0.2, 0.25) is 10.0 Å². The van der Waals surface area contributed by atoms with Crippen LogP contribution in [0.3, 0.4) is 0 Å². The smallest absolute Gasteiger partial charge is 0.216 e. The summed E-state index contributed by atoms with van der Waals surface area (Å²) < 4.78 is 27.9.